The first-order valence-electron chi connectivity index (χ1n) is 9.57. The number of halogens is 4. The Morgan fingerprint density at radius 3 is 2.39 bits per heavy atom. The van der Waals surface area contributed by atoms with E-state index in [9.17, 15) is 13.2 Å². The SMILES string of the molecule is COc1cccc(-c2cc(Nc3ccc(Oc4ccnc(C(F)(F)F)c4)cc3)nc(Cl)n2)c1. The fourth-order valence-corrected chi connectivity index (χ4v) is 3.11. The van der Waals surface area contributed by atoms with Crippen LogP contribution < -0.4 is 14.8 Å². The fourth-order valence-electron chi connectivity index (χ4n) is 2.93. The highest BCUT2D eigenvalue weighted by Gasteiger charge is 2.32. The molecule has 168 valence electrons. The van der Waals surface area contributed by atoms with Crippen LogP contribution in [0.3, 0.4) is 0 Å². The van der Waals surface area contributed by atoms with Gasteiger partial charge in [0.15, 0.2) is 0 Å². The molecule has 2 aromatic heterocycles. The maximum atomic E-state index is 12.8. The largest absolute Gasteiger partial charge is 0.497 e. The Hall–Kier alpha value is -3.85. The Labute approximate surface area is 192 Å². The van der Waals surface area contributed by atoms with Crippen molar-refractivity contribution in [2.75, 3.05) is 12.4 Å². The zero-order valence-electron chi connectivity index (χ0n) is 17.1. The Kier molecular flexibility index (Phi) is 6.32. The molecule has 2 heterocycles. The number of benzene rings is 2. The summed E-state index contributed by atoms with van der Waals surface area (Å²) < 4.78 is 49.2. The van der Waals surface area contributed by atoms with Crippen LogP contribution >= 0.6 is 11.6 Å². The van der Waals surface area contributed by atoms with E-state index in [4.69, 9.17) is 21.1 Å². The van der Waals surface area contributed by atoms with Gasteiger partial charge in [-0.2, -0.15) is 13.2 Å². The van der Waals surface area contributed by atoms with Gasteiger partial charge in [0.05, 0.1) is 12.8 Å². The smallest absolute Gasteiger partial charge is 0.433 e. The molecule has 4 aromatic rings. The summed E-state index contributed by atoms with van der Waals surface area (Å²) >= 11 is 6.10. The Morgan fingerprint density at radius 2 is 1.67 bits per heavy atom. The van der Waals surface area contributed by atoms with Crippen molar-refractivity contribution >= 4 is 23.1 Å². The van der Waals surface area contributed by atoms with Crippen LogP contribution in [-0.4, -0.2) is 22.1 Å². The van der Waals surface area contributed by atoms with E-state index in [-0.39, 0.29) is 11.0 Å². The molecule has 0 saturated heterocycles. The average Bonchev–Trinajstić information content (AvgIpc) is 2.80. The van der Waals surface area contributed by atoms with Crippen molar-refractivity contribution in [2.24, 2.45) is 0 Å². The molecule has 0 aliphatic heterocycles. The predicted molar refractivity (Wildman–Crippen MR) is 118 cm³/mol. The van der Waals surface area contributed by atoms with Gasteiger partial charge in [-0.15, -0.1) is 0 Å². The fraction of sp³-hybridized carbons (Fsp3) is 0.0870. The van der Waals surface area contributed by atoms with Crippen LogP contribution in [-0.2, 0) is 6.18 Å². The highest BCUT2D eigenvalue weighted by molar-refractivity contribution is 6.28. The van der Waals surface area contributed by atoms with Gasteiger partial charge in [0.2, 0.25) is 5.28 Å². The lowest BCUT2D eigenvalue weighted by Crippen LogP contribution is -2.07. The molecule has 0 bridgehead atoms. The van der Waals surface area contributed by atoms with Crippen LogP contribution in [0.5, 0.6) is 17.2 Å². The van der Waals surface area contributed by atoms with E-state index < -0.39 is 11.9 Å². The van der Waals surface area contributed by atoms with Crippen molar-refractivity contribution in [1.82, 2.24) is 15.0 Å². The molecule has 0 aliphatic rings. The van der Waals surface area contributed by atoms with E-state index >= 15 is 0 Å². The normalized spacial score (nSPS) is 11.2. The molecule has 10 heteroatoms. The summed E-state index contributed by atoms with van der Waals surface area (Å²) in [7, 11) is 1.58. The van der Waals surface area contributed by atoms with Crippen LogP contribution in [0.25, 0.3) is 11.3 Å². The zero-order valence-corrected chi connectivity index (χ0v) is 17.9. The van der Waals surface area contributed by atoms with Gasteiger partial charge in [0.25, 0.3) is 0 Å². The van der Waals surface area contributed by atoms with E-state index in [1.54, 1.807) is 37.4 Å². The number of hydrogen-bond donors (Lipinski definition) is 1. The van der Waals surface area contributed by atoms with Crippen molar-refractivity contribution in [1.29, 1.82) is 0 Å². The number of ether oxygens (including phenoxy) is 2. The highest BCUT2D eigenvalue weighted by atomic mass is 35.5. The van der Waals surface area contributed by atoms with Gasteiger partial charge in [0, 0.05) is 29.6 Å². The Morgan fingerprint density at radius 1 is 0.879 bits per heavy atom. The number of pyridine rings is 1. The third-order valence-corrected chi connectivity index (χ3v) is 4.62. The van der Waals surface area contributed by atoms with E-state index in [0.29, 0.717) is 28.7 Å². The van der Waals surface area contributed by atoms with E-state index in [2.05, 4.69) is 20.3 Å². The monoisotopic (exact) mass is 472 g/mol. The number of methoxy groups -OCH3 is 1. The summed E-state index contributed by atoms with van der Waals surface area (Å²) in [6.45, 7) is 0. The summed E-state index contributed by atoms with van der Waals surface area (Å²) in [6, 6.07) is 17.9. The first-order chi connectivity index (χ1) is 15.8. The number of anilines is 2. The first kappa shape index (κ1) is 22.3. The highest BCUT2D eigenvalue weighted by Crippen LogP contribution is 2.32. The topological polar surface area (TPSA) is 69.2 Å². The molecule has 0 saturated carbocycles. The second kappa shape index (κ2) is 9.33. The molecule has 0 aliphatic carbocycles. The van der Waals surface area contributed by atoms with Crippen LogP contribution in [0.2, 0.25) is 5.28 Å². The number of rotatable bonds is 6. The number of nitrogens with one attached hydrogen (secondary N) is 1. The summed E-state index contributed by atoms with van der Waals surface area (Å²) in [6.07, 6.45) is -3.50. The lowest BCUT2D eigenvalue weighted by Gasteiger charge is -2.11. The van der Waals surface area contributed by atoms with Gasteiger partial charge in [-0.25, -0.2) is 9.97 Å². The van der Waals surface area contributed by atoms with Gasteiger partial charge < -0.3 is 14.8 Å². The minimum atomic E-state index is -4.55. The average molecular weight is 473 g/mol. The molecular weight excluding hydrogens is 457 g/mol. The molecule has 6 nitrogen and oxygen atoms in total. The quantitative estimate of drug-likeness (QED) is 0.313. The summed E-state index contributed by atoms with van der Waals surface area (Å²) in [5.41, 5.74) is 1.06. The molecule has 0 atom stereocenters. The molecule has 1 N–H and O–H groups in total. The molecule has 4 rings (SSSR count). The van der Waals surface area contributed by atoms with Gasteiger partial charge in [-0.3, -0.25) is 4.98 Å². The van der Waals surface area contributed by atoms with Crippen molar-refractivity contribution < 1.29 is 22.6 Å². The summed E-state index contributed by atoms with van der Waals surface area (Å²) in [5, 5.41) is 3.19. The summed E-state index contributed by atoms with van der Waals surface area (Å²) in [4.78, 5) is 11.8. The number of hydrogen-bond acceptors (Lipinski definition) is 6. The molecule has 33 heavy (non-hydrogen) atoms. The van der Waals surface area contributed by atoms with Crippen molar-refractivity contribution in [3.05, 3.63) is 83.9 Å². The van der Waals surface area contributed by atoms with Crippen LogP contribution in [0.15, 0.2) is 72.9 Å². The van der Waals surface area contributed by atoms with Gasteiger partial charge in [-0.05, 0) is 54.1 Å². The third kappa shape index (κ3) is 5.69. The second-order valence-electron chi connectivity index (χ2n) is 6.77. The molecule has 0 amide bonds. The van der Waals surface area contributed by atoms with Gasteiger partial charge in [-0.1, -0.05) is 12.1 Å². The van der Waals surface area contributed by atoms with Gasteiger partial charge in [0.1, 0.15) is 28.8 Å². The summed E-state index contributed by atoms with van der Waals surface area (Å²) in [5.74, 6) is 1.54. The van der Waals surface area contributed by atoms with Crippen molar-refractivity contribution in [3.63, 3.8) is 0 Å². The van der Waals surface area contributed by atoms with Crippen molar-refractivity contribution in [3.8, 4) is 28.5 Å². The number of alkyl halides is 3. The lowest BCUT2D eigenvalue weighted by atomic mass is 10.1. The first-order valence-corrected chi connectivity index (χ1v) is 9.95. The minimum Gasteiger partial charge on any atom is -0.497 e. The van der Waals surface area contributed by atoms with Crippen LogP contribution in [0.4, 0.5) is 24.7 Å². The molecule has 0 spiro atoms. The molecule has 2 aromatic carbocycles. The maximum Gasteiger partial charge on any atom is 0.433 e. The second-order valence-corrected chi connectivity index (χ2v) is 7.10. The van der Waals surface area contributed by atoms with E-state index in [1.165, 1.54) is 6.07 Å². The van der Waals surface area contributed by atoms with Crippen LogP contribution in [0.1, 0.15) is 5.69 Å². The maximum absolute atomic E-state index is 12.8. The molecular formula is C23H16ClF3N4O2. The molecule has 0 fully saturated rings. The van der Waals surface area contributed by atoms with Crippen molar-refractivity contribution in [2.45, 2.75) is 6.18 Å². The van der Waals surface area contributed by atoms with Gasteiger partial charge >= 0.3 is 6.18 Å². The molecule has 0 radical (unpaired) electrons. The lowest BCUT2D eigenvalue weighted by molar-refractivity contribution is -0.141. The van der Waals surface area contributed by atoms with E-state index in [1.807, 2.05) is 24.3 Å². The van der Waals surface area contributed by atoms with Crippen LogP contribution in [0, 0.1) is 0 Å². The van der Waals surface area contributed by atoms with E-state index in [0.717, 1.165) is 17.8 Å². The molecule has 0 unspecified atom stereocenters. The Balaban J connectivity index is 1.50. The number of aromatic nitrogens is 3. The predicted octanol–water partition coefficient (Wildman–Crippen LogP) is 6.76. The Bertz CT molecular complexity index is 1270. The minimum absolute atomic E-state index is 0.0311. The zero-order chi connectivity index (χ0) is 23.4. The number of nitrogens with zero attached hydrogens (tertiary/aromatic N) is 3. The third-order valence-electron chi connectivity index (χ3n) is 4.45. The standard InChI is InChI=1S/C23H16ClF3N4O2/c1-32-17-4-2-3-14(11-17)19-13-21(31-22(24)30-19)29-15-5-7-16(8-6-15)33-18-9-10-28-20(12-18)23(25,26)27/h2-13H,1H3,(H,29,30,31).